The second-order valence-corrected chi connectivity index (χ2v) is 9.99. The smallest absolute Gasteiger partial charge is 0.196 e. The third-order valence-electron chi connectivity index (χ3n) is 6.18. The van der Waals surface area contributed by atoms with E-state index in [1.807, 2.05) is 121 Å². The molecule has 0 saturated heterocycles. The zero-order valence-corrected chi connectivity index (χ0v) is 23.7. The highest BCUT2D eigenvalue weighted by molar-refractivity contribution is 6.00. The van der Waals surface area contributed by atoms with Crippen molar-refractivity contribution in [3.8, 4) is 0 Å². The lowest BCUT2D eigenvalue weighted by molar-refractivity contribution is 0.0308. The van der Waals surface area contributed by atoms with E-state index in [0.29, 0.717) is 30.3 Å². The van der Waals surface area contributed by atoms with Crippen molar-refractivity contribution in [3.63, 3.8) is 0 Å². The molecule has 4 rings (SSSR count). The molecule has 0 fully saturated rings. The Balaban J connectivity index is 0.000000220. The molecule has 0 aliphatic heterocycles. The van der Waals surface area contributed by atoms with Gasteiger partial charge in [-0.2, -0.15) is 0 Å². The fourth-order valence-electron chi connectivity index (χ4n) is 4.04. The van der Waals surface area contributed by atoms with Crippen LogP contribution >= 0.6 is 0 Å². The van der Waals surface area contributed by atoms with Gasteiger partial charge in [-0.25, -0.2) is 0 Å². The van der Waals surface area contributed by atoms with E-state index < -0.39 is 12.2 Å². The summed E-state index contributed by atoms with van der Waals surface area (Å²) in [5.74, 6) is 0.426. The molecule has 4 heteroatoms. The molecular formula is C36H40O4. The average molecular weight is 537 g/mol. The maximum atomic E-state index is 12.6. The summed E-state index contributed by atoms with van der Waals surface area (Å²) in [7, 11) is 0. The maximum absolute atomic E-state index is 12.6. The van der Waals surface area contributed by atoms with Crippen molar-refractivity contribution in [3.05, 3.63) is 144 Å². The van der Waals surface area contributed by atoms with Crippen LogP contribution in [-0.2, 0) is 9.47 Å². The standard InChI is InChI=1S/2C18H20O2/c1-14(2)13-20-18(16-11-7-4-8-12-16)17(19)15-9-5-3-6-10-15;1-2-3-14-20-18(16-12-8-5-9-13-16)17(19)15-10-6-4-7-11-15/h3-12,14,18H,13H2,1-2H3;4-13,18H,2-3,14H2,1H3. The van der Waals surface area contributed by atoms with Crippen LogP contribution in [0.3, 0.4) is 0 Å². The largest absolute Gasteiger partial charge is 0.365 e. The van der Waals surface area contributed by atoms with Gasteiger partial charge in [0.15, 0.2) is 11.6 Å². The summed E-state index contributed by atoms with van der Waals surface area (Å²) in [6.07, 6.45) is 0.984. The van der Waals surface area contributed by atoms with Crippen LogP contribution in [0, 0.1) is 5.92 Å². The molecule has 0 N–H and O–H groups in total. The summed E-state index contributed by atoms with van der Waals surface area (Å²) in [4.78, 5) is 25.2. The minimum atomic E-state index is -0.527. The Kier molecular flexibility index (Phi) is 13.0. The third kappa shape index (κ3) is 9.71. The number of hydrogen-bond donors (Lipinski definition) is 0. The van der Waals surface area contributed by atoms with Crippen LogP contribution in [-0.4, -0.2) is 24.8 Å². The Morgan fingerprint density at radius 2 is 0.950 bits per heavy atom. The molecule has 0 heterocycles. The molecule has 0 aliphatic rings. The molecule has 0 aromatic heterocycles. The Bertz CT molecular complexity index is 1260. The number of ether oxygens (including phenoxy) is 2. The van der Waals surface area contributed by atoms with E-state index in [9.17, 15) is 9.59 Å². The summed E-state index contributed by atoms with van der Waals surface area (Å²) >= 11 is 0. The number of carbonyl (C=O) groups excluding carboxylic acids is 2. The lowest BCUT2D eigenvalue weighted by atomic mass is 10.00. The molecule has 0 saturated carbocycles. The number of carbonyl (C=O) groups is 2. The van der Waals surface area contributed by atoms with E-state index >= 15 is 0 Å². The molecule has 4 aromatic rings. The lowest BCUT2D eigenvalue weighted by Crippen LogP contribution is -2.18. The van der Waals surface area contributed by atoms with Gasteiger partial charge in [-0.3, -0.25) is 9.59 Å². The normalized spacial score (nSPS) is 12.2. The number of rotatable bonds is 13. The molecule has 208 valence electrons. The number of Topliss-reactive ketones (excluding diaryl/α,β-unsaturated/α-hetero) is 2. The van der Waals surface area contributed by atoms with E-state index in [1.54, 1.807) is 0 Å². The molecule has 0 bridgehead atoms. The highest BCUT2D eigenvalue weighted by atomic mass is 16.5. The Hall–Kier alpha value is -3.86. The van der Waals surface area contributed by atoms with Crippen molar-refractivity contribution in [2.75, 3.05) is 13.2 Å². The number of ketones is 2. The van der Waals surface area contributed by atoms with E-state index in [1.165, 1.54) is 0 Å². The van der Waals surface area contributed by atoms with Crippen molar-refractivity contribution >= 4 is 11.6 Å². The molecule has 2 unspecified atom stereocenters. The number of benzene rings is 4. The summed E-state index contributed by atoms with van der Waals surface area (Å²) in [5.41, 5.74) is 3.20. The maximum Gasteiger partial charge on any atom is 0.196 e. The van der Waals surface area contributed by atoms with Gasteiger partial charge in [0.05, 0.1) is 6.61 Å². The second-order valence-electron chi connectivity index (χ2n) is 9.99. The fourth-order valence-corrected chi connectivity index (χ4v) is 4.04. The molecular weight excluding hydrogens is 496 g/mol. The van der Waals surface area contributed by atoms with Crippen LogP contribution in [0.25, 0.3) is 0 Å². The van der Waals surface area contributed by atoms with Gasteiger partial charge in [0, 0.05) is 17.7 Å². The lowest BCUT2D eigenvalue weighted by Gasteiger charge is -2.18. The number of hydrogen-bond acceptors (Lipinski definition) is 4. The van der Waals surface area contributed by atoms with Gasteiger partial charge in [0.25, 0.3) is 0 Å². The average Bonchev–Trinajstić information content (AvgIpc) is 3.01. The van der Waals surface area contributed by atoms with Crippen molar-refractivity contribution in [2.45, 2.75) is 45.8 Å². The highest BCUT2D eigenvalue weighted by Gasteiger charge is 2.23. The summed E-state index contributed by atoms with van der Waals surface area (Å²) in [6.45, 7) is 7.44. The first-order valence-electron chi connectivity index (χ1n) is 14.0. The minimum absolute atomic E-state index is 0.0115. The molecule has 4 nitrogen and oxygen atoms in total. The molecule has 40 heavy (non-hydrogen) atoms. The molecule has 0 amide bonds. The Morgan fingerprint density at radius 1 is 0.575 bits per heavy atom. The summed E-state index contributed by atoms with van der Waals surface area (Å²) in [6, 6.07) is 38.0. The molecule has 0 aliphatic carbocycles. The van der Waals surface area contributed by atoms with Crippen LogP contribution in [0.1, 0.15) is 77.7 Å². The van der Waals surface area contributed by atoms with Crippen LogP contribution in [0.4, 0.5) is 0 Å². The molecule has 0 spiro atoms. The molecule has 4 aromatic carbocycles. The van der Waals surface area contributed by atoms with Crippen molar-refractivity contribution in [2.24, 2.45) is 5.92 Å². The predicted octanol–water partition coefficient (Wildman–Crippen LogP) is 8.71. The van der Waals surface area contributed by atoms with Crippen molar-refractivity contribution in [1.29, 1.82) is 0 Å². The first-order chi connectivity index (χ1) is 19.5. The van der Waals surface area contributed by atoms with Gasteiger partial charge < -0.3 is 9.47 Å². The van der Waals surface area contributed by atoms with Gasteiger partial charge in [-0.15, -0.1) is 0 Å². The quantitative estimate of drug-likeness (QED) is 0.127. The van der Waals surface area contributed by atoms with Gasteiger partial charge in [-0.05, 0) is 23.5 Å². The summed E-state index contributed by atoms with van der Waals surface area (Å²) in [5, 5.41) is 0. The zero-order valence-electron chi connectivity index (χ0n) is 23.7. The van der Waals surface area contributed by atoms with Crippen LogP contribution in [0.5, 0.6) is 0 Å². The molecule has 0 radical (unpaired) electrons. The van der Waals surface area contributed by atoms with Crippen LogP contribution < -0.4 is 0 Å². The van der Waals surface area contributed by atoms with E-state index in [4.69, 9.17) is 9.47 Å². The van der Waals surface area contributed by atoms with Gasteiger partial charge in [0.1, 0.15) is 12.2 Å². The van der Waals surface area contributed by atoms with Crippen LogP contribution in [0.2, 0.25) is 0 Å². The fraction of sp³-hybridized carbons (Fsp3) is 0.278. The Labute approximate surface area is 239 Å². The monoisotopic (exact) mass is 536 g/mol. The second kappa shape index (κ2) is 17.0. The van der Waals surface area contributed by atoms with E-state index in [-0.39, 0.29) is 11.6 Å². The van der Waals surface area contributed by atoms with Gasteiger partial charge in [-0.1, -0.05) is 149 Å². The van der Waals surface area contributed by atoms with Gasteiger partial charge >= 0.3 is 0 Å². The first kappa shape index (κ1) is 30.7. The SMILES string of the molecule is CC(C)COC(C(=O)c1ccccc1)c1ccccc1.CCCCOC(C(=O)c1ccccc1)c1ccccc1. The van der Waals surface area contributed by atoms with E-state index in [2.05, 4.69) is 20.8 Å². The van der Waals surface area contributed by atoms with E-state index in [0.717, 1.165) is 24.0 Å². The first-order valence-corrected chi connectivity index (χ1v) is 14.0. The van der Waals surface area contributed by atoms with Crippen molar-refractivity contribution in [1.82, 2.24) is 0 Å². The topological polar surface area (TPSA) is 52.6 Å². The van der Waals surface area contributed by atoms with Crippen molar-refractivity contribution < 1.29 is 19.1 Å². The van der Waals surface area contributed by atoms with Gasteiger partial charge in [0.2, 0.25) is 0 Å². The number of unbranched alkanes of at least 4 members (excludes halogenated alkanes) is 1. The molecule has 2 atom stereocenters. The minimum Gasteiger partial charge on any atom is -0.365 e. The Morgan fingerprint density at radius 3 is 1.32 bits per heavy atom. The third-order valence-corrected chi connectivity index (χ3v) is 6.18. The van der Waals surface area contributed by atoms with Crippen LogP contribution in [0.15, 0.2) is 121 Å². The highest BCUT2D eigenvalue weighted by Crippen LogP contribution is 2.24. The predicted molar refractivity (Wildman–Crippen MR) is 162 cm³/mol. The zero-order chi connectivity index (χ0) is 28.6. The summed E-state index contributed by atoms with van der Waals surface area (Å²) < 4.78 is 11.7.